The van der Waals surface area contributed by atoms with Crippen molar-refractivity contribution in [1.82, 2.24) is 10.3 Å². The van der Waals surface area contributed by atoms with Crippen molar-refractivity contribution in [3.63, 3.8) is 0 Å². The summed E-state index contributed by atoms with van der Waals surface area (Å²) in [6.07, 6.45) is 10.1. The maximum absolute atomic E-state index is 11.6. The minimum Gasteiger partial charge on any atom is -0.439 e. The Labute approximate surface area is 160 Å². The Kier molecular flexibility index (Phi) is 3.96. The van der Waals surface area contributed by atoms with E-state index in [4.69, 9.17) is 4.74 Å². The van der Waals surface area contributed by atoms with Gasteiger partial charge < -0.3 is 10.1 Å². The van der Waals surface area contributed by atoms with Gasteiger partial charge in [-0.15, -0.1) is 0 Å². The fraction of sp³-hybridized carbons (Fsp3) is 0.478. The number of carbonyl (C=O) groups is 1. The molecule has 4 aliphatic rings. The van der Waals surface area contributed by atoms with Crippen LogP contribution in [-0.2, 0) is 5.41 Å². The van der Waals surface area contributed by atoms with Gasteiger partial charge >= 0.3 is 0 Å². The van der Waals surface area contributed by atoms with E-state index in [0.29, 0.717) is 16.9 Å². The van der Waals surface area contributed by atoms with Crippen molar-refractivity contribution >= 4 is 5.91 Å². The summed E-state index contributed by atoms with van der Waals surface area (Å²) >= 11 is 0. The maximum Gasteiger partial charge on any atom is 0.252 e. The monoisotopic (exact) mass is 362 g/mol. The molecule has 4 aliphatic carbocycles. The maximum atomic E-state index is 11.6. The minimum atomic E-state index is -0.144. The number of carbonyl (C=O) groups excluding carboxylic acids is 1. The lowest BCUT2D eigenvalue weighted by Gasteiger charge is -2.57. The molecule has 27 heavy (non-hydrogen) atoms. The number of pyridine rings is 1. The molecule has 1 aromatic heterocycles. The van der Waals surface area contributed by atoms with Crippen LogP contribution < -0.4 is 10.1 Å². The molecule has 0 aliphatic heterocycles. The first kappa shape index (κ1) is 16.8. The Bertz CT molecular complexity index is 806. The Balaban J connectivity index is 1.31. The molecule has 0 atom stereocenters. The van der Waals surface area contributed by atoms with E-state index in [-0.39, 0.29) is 5.91 Å². The fourth-order valence-corrected chi connectivity index (χ4v) is 6.18. The molecule has 4 heteroatoms. The summed E-state index contributed by atoms with van der Waals surface area (Å²) in [4.78, 5) is 15.8. The average molecular weight is 362 g/mol. The number of ether oxygens (including phenoxy) is 1. The van der Waals surface area contributed by atoms with Crippen LogP contribution in [0, 0.1) is 17.8 Å². The molecule has 1 aromatic carbocycles. The van der Waals surface area contributed by atoms with Gasteiger partial charge in [0.2, 0.25) is 5.88 Å². The van der Waals surface area contributed by atoms with Gasteiger partial charge in [0.15, 0.2) is 0 Å². The van der Waals surface area contributed by atoms with Gasteiger partial charge in [0.25, 0.3) is 5.91 Å². The number of amides is 1. The highest BCUT2D eigenvalue weighted by molar-refractivity contribution is 5.93. The summed E-state index contributed by atoms with van der Waals surface area (Å²) in [5.74, 6) is 4.02. The zero-order valence-corrected chi connectivity index (χ0v) is 15.8. The van der Waals surface area contributed by atoms with E-state index >= 15 is 0 Å². The lowest BCUT2D eigenvalue weighted by molar-refractivity contribution is -0.00520. The van der Waals surface area contributed by atoms with Gasteiger partial charge in [-0.1, -0.05) is 12.1 Å². The predicted octanol–water partition coefficient (Wildman–Crippen LogP) is 4.70. The third-order valence-electron chi connectivity index (χ3n) is 6.95. The largest absolute Gasteiger partial charge is 0.439 e. The van der Waals surface area contributed by atoms with Crippen LogP contribution in [0.5, 0.6) is 11.6 Å². The Morgan fingerprint density at radius 1 is 1.00 bits per heavy atom. The summed E-state index contributed by atoms with van der Waals surface area (Å²) in [7, 11) is 1.61. The molecule has 4 fully saturated rings. The smallest absolute Gasteiger partial charge is 0.252 e. The van der Waals surface area contributed by atoms with Crippen LogP contribution >= 0.6 is 0 Å². The molecule has 0 saturated heterocycles. The first-order chi connectivity index (χ1) is 13.1. The van der Waals surface area contributed by atoms with Crippen LogP contribution in [0.1, 0.15) is 54.4 Å². The molecule has 1 heterocycles. The van der Waals surface area contributed by atoms with Gasteiger partial charge in [0, 0.05) is 19.3 Å². The molecular formula is C23H26N2O2. The van der Waals surface area contributed by atoms with Crippen molar-refractivity contribution in [1.29, 1.82) is 0 Å². The molecule has 4 nitrogen and oxygen atoms in total. The van der Waals surface area contributed by atoms with Crippen LogP contribution in [0.3, 0.4) is 0 Å². The van der Waals surface area contributed by atoms with Gasteiger partial charge in [0.05, 0.1) is 5.56 Å². The second-order valence-corrected chi connectivity index (χ2v) is 8.79. The topological polar surface area (TPSA) is 51.2 Å². The number of hydrogen-bond donors (Lipinski definition) is 1. The average Bonchev–Trinajstić information content (AvgIpc) is 2.67. The van der Waals surface area contributed by atoms with E-state index in [1.165, 1.54) is 50.3 Å². The molecule has 1 amide bonds. The highest BCUT2D eigenvalue weighted by Gasteiger charge is 2.51. The Hall–Kier alpha value is -2.36. The van der Waals surface area contributed by atoms with Crippen molar-refractivity contribution in [2.45, 2.75) is 43.9 Å². The molecule has 0 radical (unpaired) electrons. The molecule has 140 valence electrons. The van der Waals surface area contributed by atoms with E-state index in [2.05, 4.69) is 34.6 Å². The van der Waals surface area contributed by atoms with Crippen molar-refractivity contribution in [3.8, 4) is 11.6 Å². The van der Waals surface area contributed by atoms with Crippen molar-refractivity contribution in [2.24, 2.45) is 17.8 Å². The summed E-state index contributed by atoms with van der Waals surface area (Å²) < 4.78 is 5.88. The van der Waals surface area contributed by atoms with E-state index in [1.807, 2.05) is 0 Å². The molecule has 6 rings (SSSR count). The van der Waals surface area contributed by atoms with Crippen molar-refractivity contribution in [3.05, 3.63) is 53.7 Å². The molecule has 2 aromatic rings. The van der Waals surface area contributed by atoms with Gasteiger partial charge in [0.1, 0.15) is 5.75 Å². The number of rotatable bonds is 4. The molecule has 0 unspecified atom stereocenters. The zero-order chi connectivity index (χ0) is 18.4. The molecule has 1 N–H and O–H groups in total. The van der Waals surface area contributed by atoms with Crippen LogP contribution in [-0.4, -0.2) is 17.9 Å². The number of hydrogen-bond acceptors (Lipinski definition) is 3. The standard InChI is InChI=1S/C23H26N2O2/c1-24-22(26)18-2-7-21(25-14-18)27-20-5-3-19(4-6-20)23-11-15-8-16(12-23)10-17(9-15)13-23/h2-7,14-17H,8-13H2,1H3,(H,24,26). The first-order valence-electron chi connectivity index (χ1n) is 10.1. The van der Waals surface area contributed by atoms with Crippen LogP contribution in [0.2, 0.25) is 0 Å². The van der Waals surface area contributed by atoms with E-state index < -0.39 is 0 Å². The normalized spacial score (nSPS) is 30.9. The third kappa shape index (κ3) is 3.01. The van der Waals surface area contributed by atoms with Crippen molar-refractivity contribution in [2.75, 3.05) is 7.05 Å². The highest BCUT2D eigenvalue weighted by atomic mass is 16.5. The Morgan fingerprint density at radius 3 is 2.15 bits per heavy atom. The Morgan fingerprint density at radius 2 is 1.63 bits per heavy atom. The first-order valence-corrected chi connectivity index (χ1v) is 10.1. The SMILES string of the molecule is CNC(=O)c1ccc(Oc2ccc(C34CC5CC(CC(C5)C3)C4)cc2)nc1. The molecular weight excluding hydrogens is 336 g/mol. The van der Waals surface area contributed by atoms with E-state index in [0.717, 1.165) is 23.5 Å². The molecule has 0 spiro atoms. The summed E-state index contributed by atoms with van der Waals surface area (Å²) in [5, 5.41) is 2.59. The predicted molar refractivity (Wildman–Crippen MR) is 104 cm³/mol. The van der Waals surface area contributed by atoms with Crippen LogP contribution in [0.15, 0.2) is 42.6 Å². The minimum absolute atomic E-state index is 0.144. The quantitative estimate of drug-likeness (QED) is 0.857. The van der Waals surface area contributed by atoms with E-state index in [9.17, 15) is 4.79 Å². The zero-order valence-electron chi connectivity index (χ0n) is 15.8. The second kappa shape index (κ2) is 6.36. The number of aromatic nitrogens is 1. The number of nitrogens with zero attached hydrogens (tertiary/aromatic N) is 1. The fourth-order valence-electron chi connectivity index (χ4n) is 6.18. The second-order valence-electron chi connectivity index (χ2n) is 8.79. The lowest BCUT2D eigenvalue weighted by Crippen LogP contribution is -2.48. The summed E-state index contributed by atoms with van der Waals surface area (Å²) in [6.45, 7) is 0. The van der Waals surface area contributed by atoms with Crippen molar-refractivity contribution < 1.29 is 9.53 Å². The molecule has 4 bridgehead atoms. The van der Waals surface area contributed by atoms with Gasteiger partial charge in [-0.2, -0.15) is 0 Å². The number of benzene rings is 1. The summed E-state index contributed by atoms with van der Waals surface area (Å²) in [6, 6.07) is 12.1. The highest BCUT2D eigenvalue weighted by Crippen LogP contribution is 2.60. The van der Waals surface area contributed by atoms with E-state index in [1.54, 1.807) is 19.2 Å². The van der Waals surface area contributed by atoms with Crippen LogP contribution in [0.4, 0.5) is 0 Å². The van der Waals surface area contributed by atoms with Gasteiger partial charge in [-0.05, 0) is 85.5 Å². The molecule has 4 saturated carbocycles. The number of nitrogens with one attached hydrogen (secondary N) is 1. The third-order valence-corrected chi connectivity index (χ3v) is 6.95. The lowest BCUT2D eigenvalue weighted by atomic mass is 9.48. The van der Waals surface area contributed by atoms with Crippen LogP contribution in [0.25, 0.3) is 0 Å². The summed E-state index contributed by atoms with van der Waals surface area (Å²) in [5.41, 5.74) is 2.44. The van der Waals surface area contributed by atoms with Gasteiger partial charge in [-0.3, -0.25) is 4.79 Å². The van der Waals surface area contributed by atoms with Gasteiger partial charge in [-0.25, -0.2) is 4.98 Å².